The molecule has 0 fully saturated rings. The SMILES string of the molecule is CCNc1c(C)cc(C)cc1C.Cl.Cl. The Morgan fingerprint density at radius 1 is 1.00 bits per heavy atom. The zero-order valence-electron chi connectivity index (χ0n) is 9.18. The second-order valence-corrected chi connectivity index (χ2v) is 3.30. The summed E-state index contributed by atoms with van der Waals surface area (Å²) in [4.78, 5) is 0. The molecule has 0 aliphatic carbocycles. The Balaban J connectivity index is 0. The molecule has 1 rings (SSSR count). The Morgan fingerprint density at radius 3 is 1.79 bits per heavy atom. The van der Waals surface area contributed by atoms with Crippen molar-refractivity contribution in [1.29, 1.82) is 0 Å². The second-order valence-electron chi connectivity index (χ2n) is 3.30. The molecule has 1 N–H and O–H groups in total. The average molecular weight is 236 g/mol. The van der Waals surface area contributed by atoms with E-state index in [2.05, 4.69) is 45.1 Å². The van der Waals surface area contributed by atoms with E-state index in [1.807, 2.05) is 0 Å². The standard InChI is InChI=1S/C11H17N.2ClH/c1-5-12-11-9(3)6-8(2)7-10(11)4;;/h6-7,12H,5H2,1-4H3;2*1H. The predicted octanol–water partition coefficient (Wildman–Crippen LogP) is 3.89. The first-order valence-corrected chi connectivity index (χ1v) is 4.47. The van der Waals surface area contributed by atoms with Crippen molar-refractivity contribution in [2.24, 2.45) is 0 Å². The Labute approximate surface area is 99.1 Å². The number of hydrogen-bond donors (Lipinski definition) is 1. The zero-order chi connectivity index (χ0) is 9.14. The first kappa shape index (κ1) is 16.0. The number of benzene rings is 1. The summed E-state index contributed by atoms with van der Waals surface area (Å²) < 4.78 is 0. The van der Waals surface area contributed by atoms with Crippen molar-refractivity contribution >= 4 is 30.5 Å². The third-order valence-electron chi connectivity index (χ3n) is 2.03. The highest BCUT2D eigenvalue weighted by molar-refractivity contribution is 5.85. The number of rotatable bonds is 2. The molecule has 0 radical (unpaired) electrons. The summed E-state index contributed by atoms with van der Waals surface area (Å²) >= 11 is 0. The van der Waals surface area contributed by atoms with Crippen molar-refractivity contribution in [1.82, 2.24) is 0 Å². The number of nitrogens with one attached hydrogen (secondary N) is 1. The second kappa shape index (κ2) is 6.97. The molecule has 0 unspecified atom stereocenters. The fourth-order valence-electron chi connectivity index (χ4n) is 1.64. The fourth-order valence-corrected chi connectivity index (χ4v) is 1.64. The van der Waals surface area contributed by atoms with Gasteiger partial charge in [-0.3, -0.25) is 0 Å². The molecule has 0 amide bonds. The smallest absolute Gasteiger partial charge is 0.0399 e. The van der Waals surface area contributed by atoms with Crippen LogP contribution in [0.25, 0.3) is 0 Å². The van der Waals surface area contributed by atoms with Crippen LogP contribution in [0.15, 0.2) is 12.1 Å². The minimum Gasteiger partial charge on any atom is -0.385 e. The van der Waals surface area contributed by atoms with E-state index in [0.29, 0.717) is 0 Å². The molecular formula is C11H19Cl2N. The van der Waals surface area contributed by atoms with Crippen LogP contribution in [0.2, 0.25) is 0 Å². The largest absolute Gasteiger partial charge is 0.385 e. The minimum atomic E-state index is 0. The van der Waals surface area contributed by atoms with E-state index in [1.54, 1.807) is 0 Å². The van der Waals surface area contributed by atoms with E-state index in [9.17, 15) is 0 Å². The van der Waals surface area contributed by atoms with Crippen molar-refractivity contribution < 1.29 is 0 Å². The predicted molar refractivity (Wildman–Crippen MR) is 69.3 cm³/mol. The maximum absolute atomic E-state index is 3.37. The van der Waals surface area contributed by atoms with Gasteiger partial charge in [0.1, 0.15) is 0 Å². The van der Waals surface area contributed by atoms with Gasteiger partial charge in [-0.15, -0.1) is 24.8 Å². The summed E-state index contributed by atoms with van der Waals surface area (Å²) in [6, 6.07) is 4.43. The van der Waals surface area contributed by atoms with E-state index < -0.39 is 0 Å². The van der Waals surface area contributed by atoms with Crippen LogP contribution in [0, 0.1) is 20.8 Å². The molecule has 0 aliphatic rings. The van der Waals surface area contributed by atoms with Crippen LogP contribution in [0.4, 0.5) is 5.69 Å². The lowest BCUT2D eigenvalue weighted by Gasteiger charge is -2.11. The topological polar surface area (TPSA) is 12.0 Å². The fraction of sp³-hybridized carbons (Fsp3) is 0.455. The molecule has 0 spiro atoms. The summed E-state index contributed by atoms with van der Waals surface area (Å²) in [7, 11) is 0. The Morgan fingerprint density at radius 2 is 1.43 bits per heavy atom. The van der Waals surface area contributed by atoms with Gasteiger partial charge in [0.05, 0.1) is 0 Å². The third kappa shape index (κ3) is 3.77. The molecule has 0 saturated carbocycles. The van der Waals surface area contributed by atoms with Crippen LogP contribution in [0.3, 0.4) is 0 Å². The molecule has 3 heteroatoms. The molecule has 0 heterocycles. The minimum absolute atomic E-state index is 0. The van der Waals surface area contributed by atoms with E-state index >= 15 is 0 Å². The van der Waals surface area contributed by atoms with Crippen molar-refractivity contribution in [2.75, 3.05) is 11.9 Å². The maximum atomic E-state index is 3.37. The summed E-state index contributed by atoms with van der Waals surface area (Å²) in [6.07, 6.45) is 0. The molecule has 1 aromatic rings. The van der Waals surface area contributed by atoms with Crippen LogP contribution < -0.4 is 5.32 Å². The van der Waals surface area contributed by atoms with Crippen molar-refractivity contribution in [3.05, 3.63) is 28.8 Å². The van der Waals surface area contributed by atoms with Gasteiger partial charge in [0.15, 0.2) is 0 Å². The molecule has 82 valence electrons. The van der Waals surface area contributed by atoms with Gasteiger partial charge >= 0.3 is 0 Å². The molecule has 0 saturated heterocycles. The van der Waals surface area contributed by atoms with E-state index in [4.69, 9.17) is 0 Å². The first-order valence-electron chi connectivity index (χ1n) is 4.47. The summed E-state index contributed by atoms with van der Waals surface area (Å²) in [6.45, 7) is 9.55. The number of aryl methyl sites for hydroxylation is 3. The molecule has 14 heavy (non-hydrogen) atoms. The van der Waals surface area contributed by atoms with Gasteiger partial charge in [0.25, 0.3) is 0 Å². The van der Waals surface area contributed by atoms with Crippen molar-refractivity contribution in [3.8, 4) is 0 Å². The highest BCUT2D eigenvalue weighted by Crippen LogP contribution is 2.21. The van der Waals surface area contributed by atoms with E-state index in [0.717, 1.165) is 6.54 Å². The molecular weight excluding hydrogens is 217 g/mol. The highest BCUT2D eigenvalue weighted by atomic mass is 35.5. The number of anilines is 1. The van der Waals surface area contributed by atoms with Gasteiger partial charge in [0.2, 0.25) is 0 Å². The quantitative estimate of drug-likeness (QED) is 0.821. The molecule has 1 nitrogen and oxygen atoms in total. The van der Waals surface area contributed by atoms with E-state index in [1.165, 1.54) is 22.4 Å². The molecule has 1 aromatic carbocycles. The van der Waals surface area contributed by atoms with Gasteiger partial charge in [-0.1, -0.05) is 17.7 Å². The number of halogens is 2. The van der Waals surface area contributed by atoms with E-state index in [-0.39, 0.29) is 24.8 Å². The van der Waals surface area contributed by atoms with Gasteiger partial charge in [-0.25, -0.2) is 0 Å². The van der Waals surface area contributed by atoms with Crippen molar-refractivity contribution in [2.45, 2.75) is 27.7 Å². The van der Waals surface area contributed by atoms with Crippen LogP contribution in [0.5, 0.6) is 0 Å². The van der Waals surface area contributed by atoms with Crippen LogP contribution in [-0.2, 0) is 0 Å². The van der Waals surface area contributed by atoms with Gasteiger partial charge in [0, 0.05) is 12.2 Å². The summed E-state index contributed by atoms with van der Waals surface area (Å²) in [5.74, 6) is 0. The third-order valence-corrected chi connectivity index (χ3v) is 2.03. The molecule has 0 aromatic heterocycles. The lowest BCUT2D eigenvalue weighted by Crippen LogP contribution is -2.01. The van der Waals surface area contributed by atoms with Crippen LogP contribution >= 0.6 is 24.8 Å². The average Bonchev–Trinajstić information content (AvgIpc) is 1.96. The maximum Gasteiger partial charge on any atom is 0.0399 e. The van der Waals surface area contributed by atoms with Crippen LogP contribution in [-0.4, -0.2) is 6.54 Å². The highest BCUT2D eigenvalue weighted by Gasteiger charge is 2.00. The normalized spacial score (nSPS) is 8.57. The summed E-state index contributed by atoms with van der Waals surface area (Å²) in [5.41, 5.74) is 5.32. The molecule has 0 bridgehead atoms. The lowest BCUT2D eigenvalue weighted by molar-refractivity contribution is 1.18. The molecule has 0 aliphatic heterocycles. The Kier molecular flexibility index (Phi) is 7.98. The summed E-state index contributed by atoms with van der Waals surface area (Å²) in [5, 5.41) is 3.37. The van der Waals surface area contributed by atoms with Gasteiger partial charge in [-0.2, -0.15) is 0 Å². The first-order chi connectivity index (χ1) is 5.65. The zero-order valence-corrected chi connectivity index (χ0v) is 10.8. The molecule has 0 atom stereocenters. The van der Waals surface area contributed by atoms with Crippen molar-refractivity contribution in [3.63, 3.8) is 0 Å². The lowest BCUT2D eigenvalue weighted by atomic mass is 10.1. The Bertz CT molecular complexity index is 262. The van der Waals surface area contributed by atoms with Gasteiger partial charge < -0.3 is 5.32 Å². The van der Waals surface area contributed by atoms with Crippen LogP contribution in [0.1, 0.15) is 23.6 Å². The number of hydrogen-bond acceptors (Lipinski definition) is 1. The monoisotopic (exact) mass is 235 g/mol. The van der Waals surface area contributed by atoms with Gasteiger partial charge in [-0.05, 0) is 38.8 Å². The Hall–Kier alpha value is -0.400.